The maximum absolute atomic E-state index is 13.7. The zero-order valence-corrected chi connectivity index (χ0v) is 13.3. The minimum absolute atomic E-state index is 0.0698. The van der Waals surface area contributed by atoms with E-state index in [1.54, 1.807) is 18.2 Å². The van der Waals surface area contributed by atoms with Crippen LogP contribution in [0.1, 0.15) is 31.7 Å². The summed E-state index contributed by atoms with van der Waals surface area (Å²) in [5.41, 5.74) is 0.509. The summed E-state index contributed by atoms with van der Waals surface area (Å²) in [5, 5.41) is 0. The van der Waals surface area contributed by atoms with Crippen molar-refractivity contribution in [2.45, 2.75) is 38.6 Å². The maximum Gasteiger partial charge on any atom is 0.227 e. The van der Waals surface area contributed by atoms with Crippen LogP contribution in [0.25, 0.3) is 0 Å². The van der Waals surface area contributed by atoms with E-state index in [2.05, 4.69) is 11.8 Å². The first-order valence-corrected chi connectivity index (χ1v) is 8.42. The van der Waals surface area contributed by atoms with Gasteiger partial charge in [0.1, 0.15) is 5.82 Å². The highest BCUT2D eigenvalue weighted by molar-refractivity contribution is 5.79. The molecule has 0 aliphatic carbocycles. The molecule has 3 nitrogen and oxygen atoms in total. The molecule has 120 valence electrons. The molecule has 0 aromatic heterocycles. The monoisotopic (exact) mass is 304 g/mol. The van der Waals surface area contributed by atoms with E-state index in [1.807, 2.05) is 4.90 Å². The lowest BCUT2D eigenvalue weighted by Gasteiger charge is -2.35. The number of benzene rings is 1. The van der Waals surface area contributed by atoms with Crippen molar-refractivity contribution in [3.8, 4) is 0 Å². The quantitative estimate of drug-likeness (QED) is 0.854. The fourth-order valence-corrected chi connectivity index (χ4v) is 3.86. The van der Waals surface area contributed by atoms with E-state index in [0.29, 0.717) is 17.5 Å². The van der Waals surface area contributed by atoms with Crippen molar-refractivity contribution in [1.82, 2.24) is 9.80 Å². The average Bonchev–Trinajstić information content (AvgIpc) is 2.82. The molecule has 3 aliphatic heterocycles. The Bertz CT molecular complexity index is 534. The van der Waals surface area contributed by atoms with E-state index < -0.39 is 0 Å². The molecule has 3 aliphatic rings. The first-order valence-electron chi connectivity index (χ1n) is 8.42. The Balaban J connectivity index is 1.68. The lowest BCUT2D eigenvalue weighted by molar-refractivity contribution is -0.130. The molecule has 3 heterocycles. The van der Waals surface area contributed by atoms with Gasteiger partial charge in [-0.15, -0.1) is 0 Å². The van der Waals surface area contributed by atoms with Gasteiger partial charge in [-0.05, 0) is 43.4 Å². The van der Waals surface area contributed by atoms with Crippen LogP contribution in [-0.2, 0) is 11.2 Å². The highest BCUT2D eigenvalue weighted by atomic mass is 19.1. The van der Waals surface area contributed by atoms with Gasteiger partial charge in [0.25, 0.3) is 0 Å². The molecule has 4 heteroatoms. The summed E-state index contributed by atoms with van der Waals surface area (Å²) in [6.45, 7) is 6.09. The number of fused-ring (bicyclic) bond motifs is 4. The molecule has 0 N–H and O–H groups in total. The molecule has 0 saturated carbocycles. The first kappa shape index (κ1) is 15.5. The van der Waals surface area contributed by atoms with Crippen LogP contribution in [0.3, 0.4) is 0 Å². The minimum Gasteiger partial charge on any atom is -0.341 e. The van der Waals surface area contributed by atoms with Crippen LogP contribution in [0.2, 0.25) is 0 Å². The molecule has 2 atom stereocenters. The summed E-state index contributed by atoms with van der Waals surface area (Å²) < 4.78 is 13.7. The Labute approximate surface area is 132 Å². The predicted octanol–water partition coefficient (Wildman–Crippen LogP) is 2.70. The van der Waals surface area contributed by atoms with Crippen molar-refractivity contribution >= 4 is 5.91 Å². The highest BCUT2D eigenvalue weighted by Gasteiger charge is 2.35. The molecule has 3 fully saturated rings. The van der Waals surface area contributed by atoms with Crippen LogP contribution in [0.4, 0.5) is 4.39 Å². The molecule has 4 rings (SSSR count). The standard InChI is InChI=1S/C18H25FN2O/c1-2-9-20-11-14-7-8-16(20)13-21(12-14)18(22)10-15-5-3-4-6-17(15)19/h3-6,14,16H,2,7-13H2,1H3/t14-,16-/m1/s1. The summed E-state index contributed by atoms with van der Waals surface area (Å²) >= 11 is 0. The van der Waals surface area contributed by atoms with E-state index in [4.69, 9.17) is 0 Å². The second kappa shape index (κ2) is 6.78. The van der Waals surface area contributed by atoms with Gasteiger partial charge in [0.15, 0.2) is 0 Å². The molecule has 1 aromatic rings. The third-order valence-electron chi connectivity index (χ3n) is 4.99. The van der Waals surface area contributed by atoms with E-state index in [1.165, 1.54) is 18.9 Å². The molecule has 3 saturated heterocycles. The lowest BCUT2D eigenvalue weighted by atomic mass is 9.95. The fourth-order valence-electron chi connectivity index (χ4n) is 3.86. The summed E-state index contributed by atoms with van der Waals surface area (Å²) in [6, 6.07) is 7.09. The zero-order chi connectivity index (χ0) is 15.5. The van der Waals surface area contributed by atoms with Gasteiger partial charge in [0.05, 0.1) is 6.42 Å². The van der Waals surface area contributed by atoms with Gasteiger partial charge in [-0.1, -0.05) is 25.1 Å². The molecule has 0 spiro atoms. The highest BCUT2D eigenvalue weighted by Crippen LogP contribution is 2.28. The van der Waals surface area contributed by atoms with Crippen LogP contribution >= 0.6 is 0 Å². The zero-order valence-electron chi connectivity index (χ0n) is 13.3. The van der Waals surface area contributed by atoms with Crippen LogP contribution < -0.4 is 0 Å². The van der Waals surface area contributed by atoms with Crippen molar-refractivity contribution in [2.75, 3.05) is 26.2 Å². The van der Waals surface area contributed by atoms with Crippen molar-refractivity contribution in [1.29, 1.82) is 0 Å². The number of halogens is 1. The molecular formula is C18H25FN2O. The van der Waals surface area contributed by atoms with Crippen molar-refractivity contribution in [3.05, 3.63) is 35.6 Å². The molecule has 0 radical (unpaired) electrons. The Hall–Kier alpha value is -1.42. The number of nitrogens with zero attached hydrogens (tertiary/aromatic N) is 2. The number of amides is 1. The fraction of sp³-hybridized carbons (Fsp3) is 0.611. The van der Waals surface area contributed by atoms with E-state index in [9.17, 15) is 9.18 Å². The van der Waals surface area contributed by atoms with Gasteiger partial charge in [0, 0.05) is 25.7 Å². The molecular weight excluding hydrogens is 279 g/mol. The Morgan fingerprint density at radius 1 is 1.23 bits per heavy atom. The first-order chi connectivity index (χ1) is 10.7. The van der Waals surface area contributed by atoms with Crippen LogP contribution in [0, 0.1) is 11.7 Å². The van der Waals surface area contributed by atoms with E-state index >= 15 is 0 Å². The number of hydrogen-bond acceptors (Lipinski definition) is 2. The van der Waals surface area contributed by atoms with Crippen LogP contribution in [-0.4, -0.2) is 47.9 Å². The van der Waals surface area contributed by atoms with Crippen molar-refractivity contribution in [2.24, 2.45) is 5.92 Å². The van der Waals surface area contributed by atoms with Gasteiger partial charge >= 0.3 is 0 Å². The number of hydrogen-bond donors (Lipinski definition) is 0. The van der Waals surface area contributed by atoms with Gasteiger partial charge in [-0.3, -0.25) is 9.69 Å². The smallest absolute Gasteiger partial charge is 0.227 e. The van der Waals surface area contributed by atoms with Gasteiger partial charge < -0.3 is 4.90 Å². The molecule has 1 aromatic carbocycles. The SMILES string of the molecule is CCCN1C[C@H]2CC[C@@H]1CN(C(=O)Cc1ccccc1F)C2. The average molecular weight is 304 g/mol. The molecule has 2 bridgehead atoms. The predicted molar refractivity (Wildman–Crippen MR) is 85.1 cm³/mol. The number of carbonyl (C=O) groups is 1. The number of piperidine rings is 1. The Kier molecular flexibility index (Phi) is 4.77. The van der Waals surface area contributed by atoms with Crippen LogP contribution in [0.15, 0.2) is 24.3 Å². The third kappa shape index (κ3) is 3.32. The second-order valence-corrected chi connectivity index (χ2v) is 6.66. The Morgan fingerprint density at radius 3 is 2.82 bits per heavy atom. The molecule has 22 heavy (non-hydrogen) atoms. The summed E-state index contributed by atoms with van der Waals surface area (Å²) in [4.78, 5) is 17.1. The van der Waals surface area contributed by atoms with Gasteiger partial charge in [-0.2, -0.15) is 0 Å². The molecule has 1 amide bonds. The lowest BCUT2D eigenvalue weighted by Crippen LogP contribution is -2.44. The van der Waals surface area contributed by atoms with E-state index in [0.717, 1.165) is 32.6 Å². The largest absolute Gasteiger partial charge is 0.341 e. The number of rotatable bonds is 4. The number of carbonyl (C=O) groups excluding carboxylic acids is 1. The third-order valence-corrected chi connectivity index (χ3v) is 4.99. The Morgan fingerprint density at radius 2 is 2.05 bits per heavy atom. The topological polar surface area (TPSA) is 23.6 Å². The molecule has 0 unspecified atom stereocenters. The van der Waals surface area contributed by atoms with Crippen molar-refractivity contribution < 1.29 is 9.18 Å². The summed E-state index contributed by atoms with van der Waals surface area (Å²) in [5.74, 6) is 0.372. The van der Waals surface area contributed by atoms with Gasteiger partial charge in [-0.25, -0.2) is 4.39 Å². The van der Waals surface area contributed by atoms with Crippen LogP contribution in [0.5, 0.6) is 0 Å². The summed E-state index contributed by atoms with van der Waals surface area (Å²) in [6.07, 6.45) is 3.74. The van der Waals surface area contributed by atoms with E-state index in [-0.39, 0.29) is 18.1 Å². The van der Waals surface area contributed by atoms with Gasteiger partial charge in [0.2, 0.25) is 5.91 Å². The normalized spacial score (nSPS) is 25.3. The second-order valence-electron chi connectivity index (χ2n) is 6.66. The maximum atomic E-state index is 13.7. The summed E-state index contributed by atoms with van der Waals surface area (Å²) in [7, 11) is 0. The minimum atomic E-state index is -0.277. The van der Waals surface area contributed by atoms with Crippen molar-refractivity contribution in [3.63, 3.8) is 0 Å².